The number of hydrogen-bond donors (Lipinski definition) is 1. The summed E-state index contributed by atoms with van der Waals surface area (Å²) in [4.78, 5) is 12.7. The number of nitrogens with one attached hydrogen (secondary N) is 1. The molecule has 0 bridgehead atoms. The molecular formula is C8H11NOS. The lowest BCUT2D eigenvalue weighted by atomic mass is 10.0. The van der Waals surface area contributed by atoms with Gasteiger partial charge in [0.1, 0.15) is 0 Å². The van der Waals surface area contributed by atoms with Gasteiger partial charge in [0.15, 0.2) is 5.78 Å². The zero-order valence-corrected chi connectivity index (χ0v) is 7.17. The number of thioether (sulfide) groups is 1. The molecule has 0 amide bonds. The van der Waals surface area contributed by atoms with Gasteiger partial charge in [-0.15, -0.1) is 11.8 Å². The van der Waals surface area contributed by atoms with Gasteiger partial charge in [-0.05, 0) is 11.3 Å². The van der Waals surface area contributed by atoms with E-state index in [9.17, 15) is 4.79 Å². The molecule has 0 aromatic heterocycles. The summed E-state index contributed by atoms with van der Waals surface area (Å²) in [5.41, 5.74) is 1.06. The Morgan fingerprint density at radius 2 is 2.27 bits per heavy atom. The van der Waals surface area contributed by atoms with Crippen molar-refractivity contribution in [1.29, 1.82) is 0 Å². The maximum atomic E-state index is 11.3. The number of Topliss-reactive ketones (excluding diaryl/α,β-unsaturated/α-hetero) is 1. The maximum absolute atomic E-state index is 11.3. The van der Waals surface area contributed by atoms with E-state index in [2.05, 4.69) is 5.32 Å². The summed E-state index contributed by atoms with van der Waals surface area (Å²) in [5, 5.41) is 3.22. The minimum absolute atomic E-state index is 0.367. The van der Waals surface area contributed by atoms with Crippen molar-refractivity contribution in [3.8, 4) is 0 Å². The lowest BCUT2D eigenvalue weighted by Crippen LogP contribution is -2.30. The van der Waals surface area contributed by atoms with Crippen molar-refractivity contribution in [2.45, 2.75) is 12.8 Å². The van der Waals surface area contributed by atoms with Gasteiger partial charge < -0.3 is 5.32 Å². The monoisotopic (exact) mass is 169 g/mol. The van der Waals surface area contributed by atoms with Crippen LogP contribution in [0.25, 0.3) is 0 Å². The predicted octanol–water partition coefficient (Wildman–Crippen LogP) is 0.940. The molecule has 0 fully saturated rings. The molecule has 1 N–H and O–H groups in total. The van der Waals surface area contributed by atoms with Crippen molar-refractivity contribution >= 4 is 17.5 Å². The maximum Gasteiger partial charge on any atom is 0.161 e. The first-order chi connectivity index (χ1) is 5.38. The Hall–Kier alpha value is -0.280. The van der Waals surface area contributed by atoms with Crippen molar-refractivity contribution in [3.05, 3.63) is 10.5 Å². The van der Waals surface area contributed by atoms with Gasteiger partial charge in [-0.25, -0.2) is 0 Å². The van der Waals surface area contributed by atoms with Crippen molar-refractivity contribution in [2.24, 2.45) is 0 Å². The van der Waals surface area contributed by atoms with Gasteiger partial charge >= 0.3 is 0 Å². The van der Waals surface area contributed by atoms with Crippen LogP contribution in [-0.2, 0) is 4.79 Å². The lowest BCUT2D eigenvalue weighted by Gasteiger charge is -2.23. The minimum atomic E-state index is 0.367. The van der Waals surface area contributed by atoms with Crippen LogP contribution in [0.3, 0.4) is 0 Å². The standard InChI is InChI=1S/C8H11NOS/c10-7-2-4-11-8-1-3-9-5-6(7)8/h9H,1-5H2. The Morgan fingerprint density at radius 3 is 3.09 bits per heavy atom. The van der Waals surface area contributed by atoms with Gasteiger partial charge in [0, 0.05) is 30.8 Å². The Morgan fingerprint density at radius 1 is 1.36 bits per heavy atom. The van der Waals surface area contributed by atoms with Crippen molar-refractivity contribution < 1.29 is 4.79 Å². The normalized spacial score (nSPS) is 25.3. The second kappa shape index (κ2) is 2.99. The van der Waals surface area contributed by atoms with Gasteiger partial charge in [-0.1, -0.05) is 0 Å². The van der Waals surface area contributed by atoms with Crippen molar-refractivity contribution in [1.82, 2.24) is 5.32 Å². The van der Waals surface area contributed by atoms with E-state index >= 15 is 0 Å². The topological polar surface area (TPSA) is 29.1 Å². The van der Waals surface area contributed by atoms with Gasteiger partial charge in [0.2, 0.25) is 0 Å². The molecule has 0 saturated heterocycles. The molecule has 2 aliphatic rings. The Kier molecular flexibility index (Phi) is 2.00. The number of rotatable bonds is 0. The molecule has 2 heterocycles. The van der Waals surface area contributed by atoms with Crippen LogP contribution in [0.5, 0.6) is 0 Å². The van der Waals surface area contributed by atoms with Crippen LogP contribution in [-0.4, -0.2) is 24.6 Å². The zero-order chi connectivity index (χ0) is 7.68. The summed E-state index contributed by atoms with van der Waals surface area (Å²) in [6, 6.07) is 0. The third-order valence-electron chi connectivity index (χ3n) is 2.11. The molecule has 3 heteroatoms. The second-order valence-corrected chi connectivity index (χ2v) is 4.04. The minimum Gasteiger partial charge on any atom is -0.312 e. The number of ketones is 1. The summed E-state index contributed by atoms with van der Waals surface area (Å²) in [5.74, 6) is 1.36. The molecule has 60 valence electrons. The van der Waals surface area contributed by atoms with Crippen LogP contribution in [0.2, 0.25) is 0 Å². The molecule has 0 aliphatic carbocycles. The summed E-state index contributed by atoms with van der Waals surface area (Å²) in [6.07, 6.45) is 1.80. The van der Waals surface area contributed by atoms with E-state index in [4.69, 9.17) is 0 Å². The van der Waals surface area contributed by atoms with Crippen LogP contribution in [0, 0.1) is 0 Å². The largest absolute Gasteiger partial charge is 0.312 e. The number of carbonyl (C=O) groups is 1. The summed E-state index contributed by atoms with van der Waals surface area (Å²) >= 11 is 1.87. The lowest BCUT2D eigenvalue weighted by molar-refractivity contribution is -0.115. The summed E-state index contributed by atoms with van der Waals surface area (Å²) in [7, 11) is 0. The second-order valence-electron chi connectivity index (χ2n) is 2.85. The molecule has 2 nitrogen and oxygen atoms in total. The van der Waals surface area contributed by atoms with E-state index < -0.39 is 0 Å². The third kappa shape index (κ3) is 1.35. The fourth-order valence-corrected chi connectivity index (χ4v) is 2.64. The molecular weight excluding hydrogens is 158 g/mol. The summed E-state index contributed by atoms with van der Waals surface area (Å²) < 4.78 is 0. The van der Waals surface area contributed by atoms with E-state index in [1.807, 2.05) is 11.8 Å². The molecule has 11 heavy (non-hydrogen) atoms. The predicted molar refractivity (Wildman–Crippen MR) is 46.6 cm³/mol. The van der Waals surface area contributed by atoms with Gasteiger partial charge in [-0.2, -0.15) is 0 Å². The molecule has 0 saturated carbocycles. The highest BCUT2D eigenvalue weighted by atomic mass is 32.2. The fourth-order valence-electron chi connectivity index (χ4n) is 1.50. The van der Waals surface area contributed by atoms with Gasteiger partial charge in [0.25, 0.3) is 0 Å². The summed E-state index contributed by atoms with van der Waals surface area (Å²) in [6.45, 7) is 1.85. The molecule has 2 aliphatic heterocycles. The van der Waals surface area contributed by atoms with Crippen LogP contribution < -0.4 is 5.32 Å². The quantitative estimate of drug-likeness (QED) is 0.585. The average Bonchev–Trinajstić information content (AvgIpc) is 2.06. The first-order valence-corrected chi connectivity index (χ1v) is 4.95. The molecule has 0 atom stereocenters. The SMILES string of the molecule is O=C1CCSC2=C1CNCC2. The fraction of sp³-hybridized carbons (Fsp3) is 0.625. The number of hydrogen-bond acceptors (Lipinski definition) is 3. The first kappa shape index (κ1) is 7.37. The zero-order valence-electron chi connectivity index (χ0n) is 6.35. The molecule has 0 spiro atoms. The Balaban J connectivity index is 2.27. The molecule has 0 aromatic carbocycles. The number of carbonyl (C=O) groups excluding carboxylic acids is 1. The molecule has 0 radical (unpaired) electrons. The van der Waals surface area contributed by atoms with E-state index in [0.29, 0.717) is 5.78 Å². The van der Waals surface area contributed by atoms with E-state index in [0.717, 1.165) is 37.3 Å². The van der Waals surface area contributed by atoms with Gasteiger partial charge in [-0.3, -0.25) is 4.79 Å². The van der Waals surface area contributed by atoms with Crippen molar-refractivity contribution in [2.75, 3.05) is 18.8 Å². The van der Waals surface area contributed by atoms with Crippen LogP contribution >= 0.6 is 11.8 Å². The Bertz CT molecular complexity index is 218. The van der Waals surface area contributed by atoms with Crippen LogP contribution in [0.15, 0.2) is 10.5 Å². The van der Waals surface area contributed by atoms with E-state index in [1.54, 1.807) is 0 Å². The van der Waals surface area contributed by atoms with E-state index in [1.165, 1.54) is 4.91 Å². The third-order valence-corrected chi connectivity index (χ3v) is 3.32. The highest BCUT2D eigenvalue weighted by Crippen LogP contribution is 2.31. The van der Waals surface area contributed by atoms with Crippen LogP contribution in [0.4, 0.5) is 0 Å². The van der Waals surface area contributed by atoms with Crippen LogP contribution in [0.1, 0.15) is 12.8 Å². The molecule has 0 unspecified atom stereocenters. The highest BCUT2D eigenvalue weighted by molar-refractivity contribution is 8.03. The van der Waals surface area contributed by atoms with E-state index in [-0.39, 0.29) is 0 Å². The smallest absolute Gasteiger partial charge is 0.161 e. The van der Waals surface area contributed by atoms with Gasteiger partial charge in [0.05, 0.1) is 0 Å². The molecule has 0 aromatic rings. The average molecular weight is 169 g/mol. The first-order valence-electron chi connectivity index (χ1n) is 3.96. The van der Waals surface area contributed by atoms with Crippen molar-refractivity contribution in [3.63, 3.8) is 0 Å². The Labute approximate surface area is 70.4 Å². The molecule has 2 rings (SSSR count). The highest BCUT2D eigenvalue weighted by Gasteiger charge is 2.22.